The third-order valence-corrected chi connectivity index (χ3v) is 4.53. The van der Waals surface area contributed by atoms with Gasteiger partial charge in [0.1, 0.15) is 5.82 Å². The number of rotatable bonds is 6. The normalized spacial score (nSPS) is 20.2. The minimum absolute atomic E-state index is 0.147. The van der Waals surface area contributed by atoms with Crippen LogP contribution in [0.25, 0.3) is 0 Å². The third-order valence-electron chi connectivity index (χ3n) is 4.53. The van der Waals surface area contributed by atoms with E-state index in [4.69, 9.17) is 5.73 Å². The molecule has 0 aliphatic carbocycles. The summed E-state index contributed by atoms with van der Waals surface area (Å²) in [4.78, 5) is 2.43. The van der Waals surface area contributed by atoms with Gasteiger partial charge in [0.2, 0.25) is 0 Å². The van der Waals surface area contributed by atoms with Crippen molar-refractivity contribution >= 4 is 0 Å². The molecule has 1 aliphatic heterocycles. The number of benzene rings is 1. The number of hydrogen-bond acceptors (Lipinski definition) is 2. The van der Waals surface area contributed by atoms with Gasteiger partial charge in [-0.05, 0) is 51.8 Å². The van der Waals surface area contributed by atoms with Crippen LogP contribution >= 0.6 is 0 Å². The summed E-state index contributed by atoms with van der Waals surface area (Å²) in [6.45, 7) is 10.2. The minimum atomic E-state index is -0.712. The van der Waals surface area contributed by atoms with Crippen molar-refractivity contribution in [3.63, 3.8) is 0 Å². The summed E-state index contributed by atoms with van der Waals surface area (Å²) in [5.74, 6) is -0.209. The van der Waals surface area contributed by atoms with Crippen LogP contribution in [0.4, 0.5) is 4.39 Å². The monoisotopic (exact) mass is 290 g/mol. The van der Waals surface area contributed by atoms with E-state index in [1.54, 1.807) is 6.07 Å². The zero-order valence-electron chi connectivity index (χ0n) is 13.2. The summed E-state index contributed by atoms with van der Waals surface area (Å²) in [6, 6.07) is 7.07. The fourth-order valence-electron chi connectivity index (χ4n) is 3.73. The minimum Gasteiger partial charge on any atom is -0.320 e. The number of halogens is 1. The Labute approximate surface area is 127 Å². The van der Waals surface area contributed by atoms with Crippen molar-refractivity contribution < 1.29 is 4.39 Å². The summed E-state index contributed by atoms with van der Waals surface area (Å²) < 4.78 is 14.4. The molecule has 1 aromatic rings. The number of likely N-dealkylation sites (tertiary alicyclic amines) is 1. The first-order valence-corrected chi connectivity index (χ1v) is 7.91. The van der Waals surface area contributed by atoms with E-state index in [-0.39, 0.29) is 11.9 Å². The Balaban J connectivity index is 2.44. The predicted octanol–water partition coefficient (Wildman–Crippen LogP) is 3.82. The van der Waals surface area contributed by atoms with Gasteiger partial charge < -0.3 is 5.73 Å². The lowest BCUT2D eigenvalue weighted by molar-refractivity contribution is 0.136. The standard InChI is InChI=1S/C18H27FN2/c1-4-17(21-11-7-8-12-21)18(20,13-14(2)3)15-9-5-6-10-16(15)19/h5-6,9-10,17H,2,4,7-8,11-13,20H2,1,3H3. The molecule has 2 atom stereocenters. The largest absolute Gasteiger partial charge is 0.320 e. The van der Waals surface area contributed by atoms with Gasteiger partial charge in [-0.15, -0.1) is 6.58 Å². The molecule has 0 aromatic heterocycles. The molecule has 2 N–H and O–H groups in total. The molecule has 1 fully saturated rings. The molecule has 1 aromatic carbocycles. The highest BCUT2D eigenvalue weighted by atomic mass is 19.1. The number of nitrogens with two attached hydrogens (primary N) is 1. The lowest BCUT2D eigenvalue weighted by Gasteiger charge is -2.43. The molecule has 116 valence electrons. The molecular weight excluding hydrogens is 263 g/mol. The van der Waals surface area contributed by atoms with Crippen molar-refractivity contribution in [1.82, 2.24) is 4.90 Å². The second kappa shape index (κ2) is 6.71. The molecular formula is C18H27FN2. The van der Waals surface area contributed by atoms with Crippen LogP contribution in [-0.2, 0) is 5.54 Å². The first-order valence-electron chi connectivity index (χ1n) is 7.91. The molecule has 0 spiro atoms. The van der Waals surface area contributed by atoms with Crippen molar-refractivity contribution in [2.75, 3.05) is 13.1 Å². The van der Waals surface area contributed by atoms with Gasteiger partial charge >= 0.3 is 0 Å². The van der Waals surface area contributed by atoms with E-state index < -0.39 is 5.54 Å². The van der Waals surface area contributed by atoms with Crippen LogP contribution in [0, 0.1) is 5.82 Å². The highest BCUT2D eigenvalue weighted by Crippen LogP contribution is 2.36. The van der Waals surface area contributed by atoms with E-state index in [1.807, 2.05) is 19.1 Å². The molecule has 2 nitrogen and oxygen atoms in total. The van der Waals surface area contributed by atoms with E-state index in [2.05, 4.69) is 18.4 Å². The van der Waals surface area contributed by atoms with Crippen molar-refractivity contribution in [1.29, 1.82) is 0 Å². The topological polar surface area (TPSA) is 29.3 Å². The molecule has 0 saturated carbocycles. The lowest BCUT2D eigenvalue weighted by Crippen LogP contribution is -2.55. The number of hydrogen-bond donors (Lipinski definition) is 1. The van der Waals surface area contributed by atoms with Crippen molar-refractivity contribution in [2.45, 2.75) is 51.1 Å². The average Bonchev–Trinajstić information content (AvgIpc) is 2.92. The molecule has 0 bridgehead atoms. The summed E-state index contributed by atoms with van der Waals surface area (Å²) in [6.07, 6.45) is 3.94. The van der Waals surface area contributed by atoms with Crippen LogP contribution in [0.2, 0.25) is 0 Å². The zero-order chi connectivity index (χ0) is 15.5. The molecule has 2 rings (SSSR count). The summed E-state index contributed by atoms with van der Waals surface area (Å²) >= 11 is 0. The Morgan fingerprint density at radius 1 is 1.38 bits per heavy atom. The SMILES string of the molecule is C=C(C)CC(N)(c1ccccc1F)C(CC)N1CCCC1. The first-order chi connectivity index (χ1) is 9.99. The van der Waals surface area contributed by atoms with Gasteiger partial charge in [-0.25, -0.2) is 4.39 Å². The van der Waals surface area contributed by atoms with Gasteiger partial charge in [0.15, 0.2) is 0 Å². The molecule has 0 radical (unpaired) electrons. The molecule has 1 saturated heterocycles. The fraction of sp³-hybridized carbons (Fsp3) is 0.556. The maximum Gasteiger partial charge on any atom is 0.128 e. The van der Waals surface area contributed by atoms with Crippen LogP contribution < -0.4 is 5.73 Å². The average molecular weight is 290 g/mol. The van der Waals surface area contributed by atoms with Crippen molar-refractivity contribution in [3.05, 3.63) is 47.8 Å². The van der Waals surface area contributed by atoms with Crippen LogP contribution in [-0.4, -0.2) is 24.0 Å². The zero-order valence-corrected chi connectivity index (χ0v) is 13.2. The predicted molar refractivity (Wildman–Crippen MR) is 86.6 cm³/mol. The molecule has 0 amide bonds. The van der Waals surface area contributed by atoms with E-state index in [1.165, 1.54) is 18.9 Å². The summed E-state index contributed by atoms with van der Waals surface area (Å²) in [5.41, 5.74) is 7.72. The van der Waals surface area contributed by atoms with Crippen molar-refractivity contribution in [2.24, 2.45) is 5.73 Å². The maximum absolute atomic E-state index is 14.4. The second-order valence-electron chi connectivity index (χ2n) is 6.32. The molecule has 1 heterocycles. The molecule has 2 unspecified atom stereocenters. The van der Waals surface area contributed by atoms with E-state index in [9.17, 15) is 4.39 Å². The third kappa shape index (κ3) is 3.35. The Hall–Kier alpha value is -1.19. The second-order valence-corrected chi connectivity index (χ2v) is 6.32. The molecule has 1 aliphatic rings. The maximum atomic E-state index is 14.4. The van der Waals surface area contributed by atoms with E-state index in [0.29, 0.717) is 12.0 Å². The van der Waals surface area contributed by atoms with Gasteiger partial charge in [-0.3, -0.25) is 4.90 Å². The van der Waals surface area contributed by atoms with Crippen LogP contribution in [0.1, 0.15) is 45.1 Å². The van der Waals surface area contributed by atoms with Gasteiger partial charge in [0.05, 0.1) is 5.54 Å². The smallest absolute Gasteiger partial charge is 0.128 e. The Morgan fingerprint density at radius 2 is 2.00 bits per heavy atom. The highest BCUT2D eigenvalue weighted by Gasteiger charge is 2.41. The Kier molecular flexibility index (Phi) is 5.17. The number of nitrogens with zero attached hydrogens (tertiary/aromatic N) is 1. The van der Waals surface area contributed by atoms with Crippen molar-refractivity contribution in [3.8, 4) is 0 Å². The Morgan fingerprint density at radius 3 is 2.52 bits per heavy atom. The fourth-order valence-corrected chi connectivity index (χ4v) is 3.73. The van der Waals surface area contributed by atoms with E-state index >= 15 is 0 Å². The van der Waals surface area contributed by atoms with Gasteiger partial charge in [0.25, 0.3) is 0 Å². The summed E-state index contributed by atoms with van der Waals surface area (Å²) in [5, 5.41) is 0. The first kappa shape index (κ1) is 16.2. The van der Waals surface area contributed by atoms with Gasteiger partial charge in [-0.1, -0.05) is 30.7 Å². The van der Waals surface area contributed by atoms with Crippen LogP contribution in [0.3, 0.4) is 0 Å². The Bertz CT molecular complexity index is 494. The lowest BCUT2D eigenvalue weighted by atomic mass is 9.77. The van der Waals surface area contributed by atoms with Gasteiger partial charge in [-0.2, -0.15) is 0 Å². The highest BCUT2D eigenvalue weighted by molar-refractivity contribution is 5.30. The molecule has 3 heteroatoms. The van der Waals surface area contributed by atoms with Gasteiger partial charge in [0, 0.05) is 11.6 Å². The van der Waals surface area contributed by atoms with Crippen LogP contribution in [0.15, 0.2) is 36.4 Å². The van der Waals surface area contributed by atoms with Crippen LogP contribution in [0.5, 0.6) is 0 Å². The van der Waals surface area contributed by atoms with E-state index in [0.717, 1.165) is 25.1 Å². The molecule has 21 heavy (non-hydrogen) atoms. The summed E-state index contributed by atoms with van der Waals surface area (Å²) in [7, 11) is 0. The quantitative estimate of drug-likeness (QED) is 0.807.